The summed E-state index contributed by atoms with van der Waals surface area (Å²) in [6.07, 6.45) is 4.92. The fraction of sp³-hybridized carbons (Fsp3) is 0.458. The van der Waals surface area contributed by atoms with Crippen LogP contribution in [-0.2, 0) is 20.9 Å². The van der Waals surface area contributed by atoms with E-state index in [-0.39, 0.29) is 24.6 Å². The number of ether oxygens (including phenoxy) is 3. The summed E-state index contributed by atoms with van der Waals surface area (Å²) in [6, 6.07) is 5.46. The molecule has 1 aromatic heterocycles. The Balaban J connectivity index is 1.69. The second-order valence-corrected chi connectivity index (χ2v) is 9.27. The lowest BCUT2D eigenvalue weighted by Crippen LogP contribution is -2.43. The number of hydrogen-bond acceptors (Lipinski definition) is 7. The van der Waals surface area contributed by atoms with Crippen LogP contribution in [0.5, 0.6) is 11.5 Å². The summed E-state index contributed by atoms with van der Waals surface area (Å²) >= 11 is 1.16. The van der Waals surface area contributed by atoms with Gasteiger partial charge in [0.15, 0.2) is 11.5 Å². The minimum Gasteiger partial charge on any atom is -0.486 e. The molecule has 1 saturated heterocycles. The van der Waals surface area contributed by atoms with Crippen LogP contribution in [0, 0.1) is 5.92 Å². The van der Waals surface area contributed by atoms with Crippen LogP contribution in [0.2, 0.25) is 0 Å². The van der Waals surface area contributed by atoms with E-state index >= 15 is 0 Å². The lowest BCUT2D eigenvalue weighted by atomic mass is 9.99. The molecule has 0 aliphatic carbocycles. The van der Waals surface area contributed by atoms with E-state index in [0.717, 1.165) is 29.7 Å². The zero-order valence-electron chi connectivity index (χ0n) is 18.9. The zero-order valence-corrected chi connectivity index (χ0v) is 19.7. The molecule has 8 nitrogen and oxygen atoms in total. The Morgan fingerprint density at radius 2 is 1.91 bits per heavy atom. The normalized spacial score (nSPS) is 17.3. The maximum atomic E-state index is 13.2. The van der Waals surface area contributed by atoms with E-state index in [1.807, 2.05) is 12.1 Å². The molecule has 1 aromatic carbocycles. The van der Waals surface area contributed by atoms with E-state index < -0.39 is 5.97 Å². The lowest BCUT2D eigenvalue weighted by Gasteiger charge is -2.30. The predicted octanol–water partition coefficient (Wildman–Crippen LogP) is 1.11. The van der Waals surface area contributed by atoms with Crippen LogP contribution >= 0.6 is 11.3 Å². The van der Waals surface area contributed by atoms with Gasteiger partial charge in [-0.05, 0) is 49.5 Å². The van der Waals surface area contributed by atoms with Gasteiger partial charge in [0.05, 0.1) is 17.2 Å². The second-order valence-electron chi connectivity index (χ2n) is 8.20. The molecule has 0 atom stereocenters. The number of likely N-dealkylation sites (tertiary alicyclic amines) is 1. The van der Waals surface area contributed by atoms with Gasteiger partial charge in [-0.15, -0.1) is 11.3 Å². The fourth-order valence-corrected chi connectivity index (χ4v) is 4.90. The number of rotatable bonds is 5. The van der Waals surface area contributed by atoms with Gasteiger partial charge in [0, 0.05) is 13.1 Å². The van der Waals surface area contributed by atoms with Gasteiger partial charge in [-0.3, -0.25) is 14.2 Å². The number of carbonyl (C=O) groups is 2. The van der Waals surface area contributed by atoms with Crippen molar-refractivity contribution in [3.8, 4) is 11.5 Å². The lowest BCUT2D eigenvalue weighted by molar-refractivity contribution is -0.136. The van der Waals surface area contributed by atoms with Crippen molar-refractivity contribution in [1.29, 1.82) is 0 Å². The third-order valence-corrected chi connectivity index (χ3v) is 6.82. The molecule has 2 aromatic rings. The first-order chi connectivity index (χ1) is 15.9. The van der Waals surface area contributed by atoms with Gasteiger partial charge >= 0.3 is 5.97 Å². The maximum Gasteiger partial charge on any atom is 0.333 e. The Kier molecular flexibility index (Phi) is 7.17. The third kappa shape index (κ3) is 5.47. The van der Waals surface area contributed by atoms with Crippen molar-refractivity contribution >= 4 is 35.4 Å². The molecule has 0 unspecified atom stereocenters. The van der Waals surface area contributed by atoms with E-state index in [4.69, 9.17) is 14.2 Å². The van der Waals surface area contributed by atoms with E-state index in [1.54, 1.807) is 24.0 Å². The Bertz CT molecular complexity index is 1210. The van der Waals surface area contributed by atoms with Gasteiger partial charge in [-0.25, -0.2) is 4.79 Å². The fourth-order valence-electron chi connectivity index (χ4n) is 3.87. The molecule has 2 aliphatic heterocycles. The van der Waals surface area contributed by atoms with Gasteiger partial charge in [0.1, 0.15) is 24.4 Å². The van der Waals surface area contributed by atoms with Crippen molar-refractivity contribution in [2.45, 2.75) is 33.2 Å². The van der Waals surface area contributed by atoms with E-state index in [0.29, 0.717) is 52.9 Å². The van der Waals surface area contributed by atoms with Crippen LogP contribution in [-0.4, -0.2) is 54.3 Å². The number of aromatic nitrogens is 1. The van der Waals surface area contributed by atoms with Gasteiger partial charge in [0.2, 0.25) is 5.91 Å². The third-order valence-electron chi connectivity index (χ3n) is 5.76. The van der Waals surface area contributed by atoms with Crippen molar-refractivity contribution in [1.82, 2.24) is 9.47 Å². The number of fused-ring (bicyclic) bond motifs is 1. The quantitative estimate of drug-likeness (QED) is 0.606. The van der Waals surface area contributed by atoms with Crippen LogP contribution in [0.3, 0.4) is 0 Å². The highest BCUT2D eigenvalue weighted by atomic mass is 32.1. The molecule has 33 heavy (non-hydrogen) atoms. The highest BCUT2D eigenvalue weighted by Crippen LogP contribution is 2.30. The first kappa shape index (κ1) is 23.1. The van der Waals surface area contributed by atoms with Crippen LogP contribution < -0.4 is 24.2 Å². The smallest absolute Gasteiger partial charge is 0.333 e. The Labute approximate surface area is 195 Å². The van der Waals surface area contributed by atoms with Gasteiger partial charge in [-0.2, -0.15) is 0 Å². The average molecular weight is 473 g/mol. The highest BCUT2D eigenvalue weighted by Gasteiger charge is 2.22. The summed E-state index contributed by atoms with van der Waals surface area (Å²) < 4.78 is 18.4. The molecule has 9 heteroatoms. The molecule has 176 valence electrons. The molecule has 4 rings (SSSR count). The van der Waals surface area contributed by atoms with Crippen LogP contribution in [0.15, 0.2) is 23.0 Å². The van der Waals surface area contributed by atoms with Crippen molar-refractivity contribution in [2.24, 2.45) is 5.92 Å². The Morgan fingerprint density at radius 3 is 2.64 bits per heavy atom. The van der Waals surface area contributed by atoms with Crippen molar-refractivity contribution in [3.63, 3.8) is 0 Å². The summed E-state index contributed by atoms with van der Waals surface area (Å²) in [5.74, 6) is 1.22. The number of amides is 1. The van der Waals surface area contributed by atoms with Crippen LogP contribution in [0.25, 0.3) is 12.2 Å². The summed E-state index contributed by atoms with van der Waals surface area (Å²) in [7, 11) is 0. The van der Waals surface area contributed by atoms with E-state index in [1.165, 1.54) is 10.6 Å². The number of piperidine rings is 1. The number of carbonyl (C=O) groups excluding carboxylic acids is 2. The molecule has 0 N–H and O–H groups in total. The second kappa shape index (κ2) is 10.2. The predicted molar refractivity (Wildman–Crippen MR) is 125 cm³/mol. The van der Waals surface area contributed by atoms with Crippen LogP contribution in [0.4, 0.5) is 0 Å². The Hall–Kier alpha value is -3.07. The number of nitrogens with zero attached hydrogens (tertiary/aromatic N) is 2. The molecule has 3 heterocycles. The van der Waals surface area contributed by atoms with Crippen molar-refractivity contribution in [2.75, 3.05) is 32.9 Å². The van der Waals surface area contributed by atoms with Gasteiger partial charge < -0.3 is 19.1 Å². The zero-order chi connectivity index (χ0) is 23.4. The first-order valence-electron chi connectivity index (χ1n) is 11.2. The molecule has 1 amide bonds. The Morgan fingerprint density at radius 1 is 1.18 bits per heavy atom. The highest BCUT2D eigenvalue weighted by molar-refractivity contribution is 7.07. The topological polar surface area (TPSA) is 87.1 Å². The van der Waals surface area contributed by atoms with E-state index in [2.05, 4.69) is 6.92 Å². The molecular formula is C24H28N2O6S. The van der Waals surface area contributed by atoms with Gasteiger partial charge in [-0.1, -0.05) is 13.0 Å². The largest absolute Gasteiger partial charge is 0.486 e. The van der Waals surface area contributed by atoms with Crippen molar-refractivity contribution in [3.05, 3.63) is 43.3 Å². The molecule has 0 radical (unpaired) electrons. The minimum atomic E-state index is -0.544. The average Bonchev–Trinajstić information content (AvgIpc) is 3.08. The SMILES string of the molecule is CCOC(=O)C=c1sc(=Cc2ccc3c(c2)OCCO3)c(=O)n1CC(=O)N1CCC(C)CC1. The minimum absolute atomic E-state index is 0.107. The van der Waals surface area contributed by atoms with Gasteiger partial charge in [0.25, 0.3) is 5.56 Å². The summed E-state index contributed by atoms with van der Waals surface area (Å²) in [5.41, 5.74) is 0.452. The number of benzene rings is 1. The monoisotopic (exact) mass is 472 g/mol. The molecule has 0 spiro atoms. The maximum absolute atomic E-state index is 13.2. The number of thiazole rings is 1. The summed E-state index contributed by atoms with van der Waals surface area (Å²) in [4.78, 5) is 40.1. The standard InChI is InChI=1S/C24H28N2O6S/c1-3-30-23(28)14-22-26(15-21(27)25-8-6-16(2)7-9-25)24(29)20(33-22)13-17-4-5-18-19(12-17)32-11-10-31-18/h4-5,12-14,16H,3,6-11,15H2,1-2H3. The summed E-state index contributed by atoms with van der Waals surface area (Å²) in [6.45, 7) is 6.36. The number of esters is 1. The molecule has 2 aliphatic rings. The number of hydrogen-bond donors (Lipinski definition) is 0. The molecule has 1 fully saturated rings. The van der Waals surface area contributed by atoms with Crippen LogP contribution in [0.1, 0.15) is 32.3 Å². The van der Waals surface area contributed by atoms with Crippen molar-refractivity contribution < 1.29 is 23.8 Å². The summed E-state index contributed by atoms with van der Waals surface area (Å²) in [5, 5.41) is 0. The molecule has 0 bridgehead atoms. The first-order valence-corrected chi connectivity index (χ1v) is 12.0. The van der Waals surface area contributed by atoms with E-state index in [9.17, 15) is 14.4 Å². The molecular weight excluding hydrogens is 444 g/mol. The molecule has 0 saturated carbocycles.